The summed E-state index contributed by atoms with van der Waals surface area (Å²) in [6.07, 6.45) is 2.62. The van der Waals surface area contributed by atoms with E-state index in [1.807, 2.05) is 15.5 Å². The number of aromatic nitrogens is 1. The van der Waals surface area contributed by atoms with Crippen molar-refractivity contribution in [3.05, 3.63) is 76.2 Å². The second-order valence-electron chi connectivity index (χ2n) is 7.55. The predicted molar refractivity (Wildman–Crippen MR) is 111 cm³/mol. The minimum absolute atomic E-state index is 0.0126. The smallest absolute Gasteiger partial charge is 0.270 e. The highest BCUT2D eigenvalue weighted by Crippen LogP contribution is 2.22. The van der Waals surface area contributed by atoms with Crippen molar-refractivity contribution in [2.24, 2.45) is 0 Å². The molecule has 1 aromatic heterocycles. The van der Waals surface area contributed by atoms with Gasteiger partial charge in [-0.05, 0) is 24.6 Å². The number of carbonyl (C=O) groups excluding carboxylic acids is 1. The summed E-state index contributed by atoms with van der Waals surface area (Å²) < 4.78 is 15.8. The third-order valence-electron chi connectivity index (χ3n) is 5.56. The molecule has 2 heterocycles. The van der Waals surface area contributed by atoms with Gasteiger partial charge in [0.1, 0.15) is 12.4 Å². The molecule has 1 aliphatic rings. The molecule has 0 spiro atoms. The normalized spacial score (nSPS) is 15.3. The highest BCUT2D eigenvalue weighted by molar-refractivity contribution is 5.85. The molecule has 30 heavy (non-hydrogen) atoms. The molecule has 0 unspecified atom stereocenters. The molecule has 4 rings (SSSR count). The topological polar surface area (TPSA) is 71.6 Å². The van der Waals surface area contributed by atoms with E-state index in [0.717, 1.165) is 23.9 Å². The number of rotatable bonds is 5. The van der Waals surface area contributed by atoms with E-state index < -0.39 is 4.92 Å². The molecule has 3 aromatic rings. The van der Waals surface area contributed by atoms with Crippen LogP contribution in [0.25, 0.3) is 10.9 Å². The van der Waals surface area contributed by atoms with Crippen LogP contribution in [0.2, 0.25) is 0 Å². The maximum atomic E-state index is 13.9. The average molecular weight is 410 g/mol. The summed E-state index contributed by atoms with van der Waals surface area (Å²) in [5, 5.41) is 11.7. The number of non-ortho nitro benzene ring substituents is 1. The summed E-state index contributed by atoms with van der Waals surface area (Å²) in [5.74, 6) is -0.187. The Morgan fingerprint density at radius 1 is 1.07 bits per heavy atom. The number of hydrogen-bond donors (Lipinski definition) is 0. The Hall–Kier alpha value is -3.26. The van der Waals surface area contributed by atoms with E-state index in [-0.39, 0.29) is 24.0 Å². The van der Waals surface area contributed by atoms with Crippen molar-refractivity contribution < 1.29 is 14.1 Å². The third kappa shape index (κ3) is 4.33. The highest BCUT2D eigenvalue weighted by Gasteiger charge is 2.20. The van der Waals surface area contributed by atoms with E-state index in [1.165, 1.54) is 18.2 Å². The zero-order valence-electron chi connectivity index (χ0n) is 16.5. The van der Waals surface area contributed by atoms with Gasteiger partial charge in [0, 0.05) is 67.5 Å². The van der Waals surface area contributed by atoms with Crippen LogP contribution in [0.5, 0.6) is 0 Å². The number of halogens is 1. The zero-order chi connectivity index (χ0) is 21.1. The van der Waals surface area contributed by atoms with E-state index in [9.17, 15) is 19.3 Å². The van der Waals surface area contributed by atoms with Gasteiger partial charge in [0.25, 0.3) is 5.69 Å². The van der Waals surface area contributed by atoms with Crippen LogP contribution in [0.1, 0.15) is 12.0 Å². The van der Waals surface area contributed by atoms with Crippen molar-refractivity contribution >= 4 is 22.5 Å². The first-order valence-corrected chi connectivity index (χ1v) is 9.98. The molecule has 0 saturated carbocycles. The predicted octanol–water partition coefficient (Wildman–Crippen LogP) is 3.42. The van der Waals surface area contributed by atoms with Gasteiger partial charge in [-0.3, -0.25) is 19.8 Å². The largest absolute Gasteiger partial charge is 0.340 e. The lowest BCUT2D eigenvalue weighted by Crippen LogP contribution is -2.37. The summed E-state index contributed by atoms with van der Waals surface area (Å²) in [4.78, 5) is 27.4. The Kier molecular flexibility index (Phi) is 5.76. The lowest BCUT2D eigenvalue weighted by Gasteiger charge is -2.22. The SMILES string of the molecule is O=C(Cn1ccc2cc([N+](=O)[O-])ccc21)N1CCCN(Cc2ccccc2F)CC1. The molecular weight excluding hydrogens is 387 g/mol. The maximum absolute atomic E-state index is 13.9. The lowest BCUT2D eigenvalue weighted by atomic mass is 10.2. The van der Waals surface area contributed by atoms with Crippen LogP contribution in [0, 0.1) is 15.9 Å². The number of nitrogens with zero attached hydrogens (tertiary/aromatic N) is 4. The maximum Gasteiger partial charge on any atom is 0.270 e. The summed E-state index contributed by atoms with van der Waals surface area (Å²) in [6, 6.07) is 13.2. The second kappa shape index (κ2) is 8.62. The van der Waals surface area contributed by atoms with E-state index >= 15 is 0 Å². The van der Waals surface area contributed by atoms with Gasteiger partial charge in [0.2, 0.25) is 5.91 Å². The molecule has 8 heteroatoms. The summed E-state index contributed by atoms with van der Waals surface area (Å²) >= 11 is 0. The van der Waals surface area contributed by atoms with Crippen molar-refractivity contribution in [2.45, 2.75) is 19.5 Å². The fourth-order valence-corrected chi connectivity index (χ4v) is 3.93. The minimum atomic E-state index is -0.424. The highest BCUT2D eigenvalue weighted by atomic mass is 19.1. The molecule has 0 aliphatic carbocycles. The molecule has 1 amide bonds. The first-order valence-electron chi connectivity index (χ1n) is 9.98. The van der Waals surface area contributed by atoms with Crippen LogP contribution < -0.4 is 0 Å². The Morgan fingerprint density at radius 3 is 2.70 bits per heavy atom. The molecule has 0 bridgehead atoms. The van der Waals surface area contributed by atoms with Gasteiger partial charge in [0.05, 0.1) is 4.92 Å². The number of fused-ring (bicyclic) bond motifs is 1. The van der Waals surface area contributed by atoms with E-state index in [2.05, 4.69) is 4.90 Å². The minimum Gasteiger partial charge on any atom is -0.340 e. The lowest BCUT2D eigenvalue weighted by molar-refractivity contribution is -0.384. The number of nitro benzene ring substituents is 1. The fraction of sp³-hybridized carbons (Fsp3) is 0.318. The van der Waals surface area contributed by atoms with Gasteiger partial charge in [-0.15, -0.1) is 0 Å². The third-order valence-corrected chi connectivity index (χ3v) is 5.56. The quantitative estimate of drug-likeness (QED) is 0.477. The molecule has 0 N–H and O–H groups in total. The number of benzene rings is 2. The van der Waals surface area contributed by atoms with Crippen molar-refractivity contribution in [1.82, 2.24) is 14.4 Å². The number of amides is 1. The van der Waals surface area contributed by atoms with Crippen molar-refractivity contribution in [1.29, 1.82) is 0 Å². The Morgan fingerprint density at radius 2 is 1.90 bits per heavy atom. The fourth-order valence-electron chi connectivity index (χ4n) is 3.93. The Labute approximate surface area is 173 Å². The standard InChI is InChI=1S/C22H23FN4O3/c23-20-5-2-1-4-18(20)15-24-9-3-10-25(13-12-24)22(28)16-26-11-8-17-14-19(27(29)30)6-7-21(17)26/h1-2,4-8,11,14H,3,9-10,12-13,15-16H2. The van der Waals surface area contributed by atoms with E-state index in [0.29, 0.717) is 31.7 Å². The monoisotopic (exact) mass is 410 g/mol. The summed E-state index contributed by atoms with van der Waals surface area (Å²) in [6.45, 7) is 3.49. The molecule has 1 fully saturated rings. The molecule has 7 nitrogen and oxygen atoms in total. The first kappa shape index (κ1) is 20.0. The van der Waals surface area contributed by atoms with Crippen LogP contribution >= 0.6 is 0 Å². The Bertz CT molecular complexity index is 1080. The number of carbonyl (C=O) groups is 1. The Balaban J connectivity index is 1.39. The molecular formula is C22H23FN4O3. The second-order valence-corrected chi connectivity index (χ2v) is 7.55. The van der Waals surface area contributed by atoms with Crippen molar-refractivity contribution in [2.75, 3.05) is 26.2 Å². The van der Waals surface area contributed by atoms with Crippen LogP contribution in [0.3, 0.4) is 0 Å². The summed E-state index contributed by atoms with van der Waals surface area (Å²) in [7, 11) is 0. The van der Waals surface area contributed by atoms with Crippen LogP contribution in [-0.4, -0.2) is 51.4 Å². The van der Waals surface area contributed by atoms with Crippen molar-refractivity contribution in [3.8, 4) is 0 Å². The molecule has 156 valence electrons. The number of hydrogen-bond acceptors (Lipinski definition) is 4. The van der Waals surface area contributed by atoms with Crippen LogP contribution in [0.15, 0.2) is 54.7 Å². The van der Waals surface area contributed by atoms with Crippen LogP contribution in [0.4, 0.5) is 10.1 Å². The van der Waals surface area contributed by atoms with E-state index in [4.69, 9.17) is 0 Å². The molecule has 0 atom stereocenters. The average Bonchev–Trinajstić information content (AvgIpc) is 2.97. The van der Waals surface area contributed by atoms with Gasteiger partial charge in [0.15, 0.2) is 0 Å². The van der Waals surface area contributed by atoms with E-state index in [1.54, 1.807) is 30.5 Å². The zero-order valence-corrected chi connectivity index (χ0v) is 16.5. The molecule has 0 radical (unpaired) electrons. The molecule has 1 aliphatic heterocycles. The first-order chi connectivity index (χ1) is 14.5. The van der Waals surface area contributed by atoms with Crippen LogP contribution in [-0.2, 0) is 17.9 Å². The van der Waals surface area contributed by atoms with Gasteiger partial charge < -0.3 is 9.47 Å². The van der Waals surface area contributed by atoms with Gasteiger partial charge in [-0.25, -0.2) is 4.39 Å². The number of nitro groups is 1. The van der Waals surface area contributed by atoms with Crippen molar-refractivity contribution in [3.63, 3.8) is 0 Å². The summed E-state index contributed by atoms with van der Waals surface area (Å²) in [5.41, 5.74) is 1.50. The van der Waals surface area contributed by atoms with Gasteiger partial charge >= 0.3 is 0 Å². The molecule has 2 aromatic carbocycles. The van der Waals surface area contributed by atoms with Gasteiger partial charge in [-0.1, -0.05) is 18.2 Å². The van der Waals surface area contributed by atoms with Gasteiger partial charge in [-0.2, -0.15) is 0 Å². The molecule has 1 saturated heterocycles.